The van der Waals surface area contributed by atoms with E-state index in [2.05, 4.69) is 17.2 Å². The second kappa shape index (κ2) is 7.86. The van der Waals surface area contributed by atoms with Gasteiger partial charge in [-0.25, -0.2) is 9.78 Å². The molecule has 3 heterocycles. The minimum Gasteiger partial charge on any atom is -0.444 e. The highest BCUT2D eigenvalue weighted by Crippen LogP contribution is 2.23. The molecule has 6 nitrogen and oxygen atoms in total. The van der Waals surface area contributed by atoms with Crippen molar-refractivity contribution < 1.29 is 9.53 Å². The van der Waals surface area contributed by atoms with E-state index in [1.807, 2.05) is 31.4 Å². The van der Waals surface area contributed by atoms with E-state index in [0.717, 1.165) is 12.1 Å². The number of carbonyl (C=O) groups is 1. The normalized spacial score (nSPS) is 20.9. The van der Waals surface area contributed by atoms with Gasteiger partial charge >= 0.3 is 6.09 Å². The third-order valence-electron chi connectivity index (χ3n) is 4.63. The molecule has 1 aliphatic heterocycles. The molecular formula is C19H26Cl2N4O2. The third-order valence-corrected chi connectivity index (χ3v) is 5.11. The van der Waals surface area contributed by atoms with Crippen LogP contribution in [-0.4, -0.2) is 45.1 Å². The average molecular weight is 413 g/mol. The number of pyridine rings is 1. The van der Waals surface area contributed by atoms with Crippen LogP contribution in [0.3, 0.4) is 0 Å². The van der Waals surface area contributed by atoms with Gasteiger partial charge in [-0.2, -0.15) is 0 Å². The lowest BCUT2D eigenvalue weighted by Gasteiger charge is -2.37. The van der Waals surface area contributed by atoms with Gasteiger partial charge in [-0.3, -0.25) is 0 Å². The first kappa shape index (κ1) is 20.2. The van der Waals surface area contributed by atoms with Crippen LogP contribution in [0.1, 0.15) is 39.8 Å². The molecule has 2 atom stereocenters. The maximum Gasteiger partial charge on any atom is 0.410 e. The molecule has 0 bridgehead atoms. The van der Waals surface area contributed by atoms with Crippen LogP contribution in [0.25, 0.3) is 5.65 Å². The van der Waals surface area contributed by atoms with Crippen LogP contribution in [0.5, 0.6) is 0 Å². The fourth-order valence-corrected chi connectivity index (χ4v) is 3.86. The van der Waals surface area contributed by atoms with Crippen molar-refractivity contribution in [2.75, 3.05) is 13.1 Å². The molecule has 2 aromatic heterocycles. The first-order valence-electron chi connectivity index (χ1n) is 9.16. The van der Waals surface area contributed by atoms with Crippen molar-refractivity contribution in [2.24, 2.45) is 5.92 Å². The maximum atomic E-state index is 12.3. The number of amides is 1. The van der Waals surface area contributed by atoms with Gasteiger partial charge in [0.25, 0.3) is 0 Å². The number of ether oxygens (including phenoxy) is 1. The van der Waals surface area contributed by atoms with Crippen LogP contribution in [-0.2, 0) is 11.3 Å². The maximum absolute atomic E-state index is 12.3. The van der Waals surface area contributed by atoms with Crippen molar-refractivity contribution >= 4 is 34.9 Å². The molecular weight excluding hydrogens is 387 g/mol. The summed E-state index contributed by atoms with van der Waals surface area (Å²) in [6.45, 7) is 9.80. The molecule has 2 aromatic rings. The van der Waals surface area contributed by atoms with Gasteiger partial charge < -0.3 is 19.4 Å². The Morgan fingerprint density at radius 1 is 1.37 bits per heavy atom. The lowest BCUT2D eigenvalue weighted by molar-refractivity contribution is 0.0143. The number of nitrogens with one attached hydrogen (secondary N) is 1. The highest BCUT2D eigenvalue weighted by Gasteiger charge is 2.31. The third kappa shape index (κ3) is 5.06. The topological polar surface area (TPSA) is 58.9 Å². The number of likely N-dealkylation sites (tertiary alicyclic amines) is 1. The highest BCUT2D eigenvalue weighted by atomic mass is 35.5. The van der Waals surface area contributed by atoms with Gasteiger partial charge in [0.2, 0.25) is 0 Å². The van der Waals surface area contributed by atoms with Crippen molar-refractivity contribution in [3.05, 3.63) is 34.2 Å². The van der Waals surface area contributed by atoms with Gasteiger partial charge in [0.1, 0.15) is 5.60 Å². The van der Waals surface area contributed by atoms with E-state index < -0.39 is 5.60 Å². The van der Waals surface area contributed by atoms with Gasteiger partial charge in [0.05, 0.1) is 15.7 Å². The number of hydrogen-bond donors (Lipinski definition) is 1. The Morgan fingerprint density at radius 3 is 2.78 bits per heavy atom. The molecule has 0 radical (unpaired) electrons. The van der Waals surface area contributed by atoms with Gasteiger partial charge in [0, 0.05) is 38.1 Å². The number of imidazole rings is 1. The number of halogens is 2. The summed E-state index contributed by atoms with van der Waals surface area (Å²) in [5.74, 6) is 0.321. The molecule has 0 unspecified atom stereocenters. The molecule has 1 amide bonds. The van der Waals surface area contributed by atoms with E-state index in [-0.39, 0.29) is 6.09 Å². The molecule has 148 valence electrons. The Kier molecular flexibility index (Phi) is 5.89. The second-order valence-corrected chi connectivity index (χ2v) is 8.99. The summed E-state index contributed by atoms with van der Waals surface area (Å²) < 4.78 is 7.32. The lowest BCUT2D eigenvalue weighted by Crippen LogP contribution is -2.51. The standard InChI is InChI=1S/C19H26Cl2N4O2/c1-12-9-24(18(26)27-19(2,3)4)6-5-16(12)22-8-14-11-25-10-13(20)7-15(21)17(25)23-14/h7,10-12,16,22H,5-6,8-9H2,1-4H3/t12-,16-/m1/s1. The number of rotatable bonds is 3. The zero-order chi connectivity index (χ0) is 19.8. The first-order chi connectivity index (χ1) is 12.6. The largest absolute Gasteiger partial charge is 0.444 e. The zero-order valence-electron chi connectivity index (χ0n) is 16.1. The molecule has 0 saturated carbocycles. The molecule has 0 aromatic carbocycles. The van der Waals surface area contributed by atoms with Crippen LogP contribution in [0.15, 0.2) is 18.5 Å². The van der Waals surface area contributed by atoms with E-state index in [1.54, 1.807) is 17.2 Å². The zero-order valence-corrected chi connectivity index (χ0v) is 17.6. The highest BCUT2D eigenvalue weighted by molar-refractivity contribution is 6.36. The second-order valence-electron chi connectivity index (χ2n) is 8.15. The van der Waals surface area contributed by atoms with E-state index in [0.29, 0.717) is 47.3 Å². The van der Waals surface area contributed by atoms with E-state index >= 15 is 0 Å². The van der Waals surface area contributed by atoms with Crippen LogP contribution in [0.4, 0.5) is 4.79 Å². The molecule has 8 heteroatoms. The summed E-state index contributed by atoms with van der Waals surface area (Å²) in [5.41, 5.74) is 1.13. The van der Waals surface area contributed by atoms with Crippen LogP contribution in [0, 0.1) is 5.92 Å². The Labute approximate surface area is 169 Å². The van der Waals surface area contributed by atoms with Gasteiger partial charge in [-0.1, -0.05) is 30.1 Å². The molecule has 1 N–H and O–H groups in total. The SMILES string of the molecule is C[C@@H]1CN(C(=O)OC(C)(C)C)CC[C@H]1NCc1cn2cc(Cl)cc(Cl)c2n1. The molecule has 1 aliphatic rings. The Hall–Kier alpha value is -1.50. The van der Waals surface area contributed by atoms with E-state index in [1.165, 1.54) is 0 Å². The van der Waals surface area contributed by atoms with Crippen molar-refractivity contribution in [3.63, 3.8) is 0 Å². The minimum atomic E-state index is -0.470. The summed E-state index contributed by atoms with van der Waals surface area (Å²) in [6.07, 6.45) is 4.36. The smallest absolute Gasteiger partial charge is 0.410 e. The molecule has 0 spiro atoms. The predicted octanol–water partition coefficient (Wildman–Crippen LogP) is 4.38. The number of hydrogen-bond acceptors (Lipinski definition) is 4. The molecule has 0 aliphatic carbocycles. The van der Waals surface area contributed by atoms with Gasteiger partial charge in [-0.05, 0) is 39.2 Å². The average Bonchev–Trinajstić information content (AvgIpc) is 2.95. The fraction of sp³-hybridized carbons (Fsp3) is 0.579. The quantitative estimate of drug-likeness (QED) is 0.812. The first-order valence-corrected chi connectivity index (χ1v) is 9.92. The molecule has 1 fully saturated rings. The summed E-state index contributed by atoms with van der Waals surface area (Å²) in [6, 6.07) is 2.00. The van der Waals surface area contributed by atoms with Crippen LogP contribution < -0.4 is 5.32 Å². The minimum absolute atomic E-state index is 0.236. The number of nitrogens with zero attached hydrogens (tertiary/aromatic N) is 3. The summed E-state index contributed by atoms with van der Waals surface area (Å²) >= 11 is 12.2. The monoisotopic (exact) mass is 412 g/mol. The molecule has 27 heavy (non-hydrogen) atoms. The fourth-order valence-electron chi connectivity index (χ4n) is 3.34. The summed E-state index contributed by atoms with van der Waals surface area (Å²) in [7, 11) is 0. The van der Waals surface area contributed by atoms with Gasteiger partial charge in [0.15, 0.2) is 5.65 Å². The molecule has 3 rings (SSSR count). The van der Waals surface area contributed by atoms with Crippen LogP contribution >= 0.6 is 23.2 Å². The van der Waals surface area contributed by atoms with Crippen LogP contribution in [0.2, 0.25) is 10.0 Å². The van der Waals surface area contributed by atoms with Crippen molar-refractivity contribution in [2.45, 2.75) is 52.3 Å². The number of carbonyl (C=O) groups excluding carboxylic acids is 1. The predicted molar refractivity (Wildman–Crippen MR) is 107 cm³/mol. The number of aromatic nitrogens is 2. The summed E-state index contributed by atoms with van der Waals surface area (Å²) in [5, 5.41) is 4.67. The van der Waals surface area contributed by atoms with Crippen molar-refractivity contribution in [1.29, 1.82) is 0 Å². The Balaban J connectivity index is 1.57. The lowest BCUT2D eigenvalue weighted by atomic mass is 9.94. The van der Waals surface area contributed by atoms with E-state index in [9.17, 15) is 4.79 Å². The van der Waals surface area contributed by atoms with Gasteiger partial charge in [-0.15, -0.1) is 0 Å². The number of fused-ring (bicyclic) bond motifs is 1. The van der Waals surface area contributed by atoms with E-state index in [4.69, 9.17) is 27.9 Å². The Morgan fingerprint density at radius 2 is 2.11 bits per heavy atom. The Bertz CT molecular complexity index is 831. The van der Waals surface area contributed by atoms with Crippen molar-refractivity contribution in [1.82, 2.24) is 19.6 Å². The number of piperidine rings is 1. The van der Waals surface area contributed by atoms with Crippen molar-refractivity contribution in [3.8, 4) is 0 Å². The summed E-state index contributed by atoms with van der Waals surface area (Å²) in [4.78, 5) is 18.6. The molecule has 1 saturated heterocycles.